The Bertz CT molecular complexity index is 623. The van der Waals surface area contributed by atoms with Gasteiger partial charge in [0.25, 0.3) is 0 Å². The van der Waals surface area contributed by atoms with Crippen molar-refractivity contribution in [1.82, 2.24) is 10.3 Å². The summed E-state index contributed by atoms with van der Waals surface area (Å²) >= 11 is 0. The summed E-state index contributed by atoms with van der Waals surface area (Å²) in [7, 11) is 0. The fraction of sp³-hybridized carbons (Fsp3) is 0.471. The lowest BCUT2D eigenvalue weighted by Gasteiger charge is -2.35. The van der Waals surface area contributed by atoms with Crippen molar-refractivity contribution in [1.29, 1.82) is 0 Å². The molecule has 126 valence electrons. The number of pyridine rings is 1. The standard InChI is InChI=1S/C15H16F3N3.C2H6/c16-15(17,18)9-12-10-21(8-7-19-12)14-13-4-2-1-3-11(13)5-6-20-14;1-2/h1-6,12,19H,7-10H2;1-2H3. The number of nitrogens with one attached hydrogen (secondary N) is 1. The molecule has 1 aliphatic rings. The highest BCUT2D eigenvalue weighted by Crippen LogP contribution is 2.27. The van der Waals surface area contributed by atoms with Gasteiger partial charge in [0.1, 0.15) is 5.82 Å². The molecule has 0 aliphatic carbocycles. The van der Waals surface area contributed by atoms with E-state index in [0.29, 0.717) is 19.6 Å². The molecule has 1 N–H and O–H groups in total. The van der Waals surface area contributed by atoms with Crippen LogP contribution >= 0.6 is 0 Å². The average Bonchev–Trinajstić information content (AvgIpc) is 2.55. The van der Waals surface area contributed by atoms with Crippen LogP contribution in [0.25, 0.3) is 10.8 Å². The summed E-state index contributed by atoms with van der Waals surface area (Å²) in [4.78, 5) is 6.32. The van der Waals surface area contributed by atoms with Gasteiger partial charge in [-0.3, -0.25) is 0 Å². The minimum absolute atomic E-state index is 0.320. The van der Waals surface area contributed by atoms with Crippen molar-refractivity contribution in [3.8, 4) is 0 Å². The quantitative estimate of drug-likeness (QED) is 0.905. The fourth-order valence-electron chi connectivity index (χ4n) is 2.79. The Morgan fingerprint density at radius 2 is 1.96 bits per heavy atom. The predicted molar refractivity (Wildman–Crippen MR) is 87.8 cm³/mol. The highest BCUT2D eigenvalue weighted by molar-refractivity contribution is 5.92. The molecule has 23 heavy (non-hydrogen) atoms. The van der Waals surface area contributed by atoms with Gasteiger partial charge in [0, 0.05) is 37.3 Å². The first kappa shape index (κ1) is 17.5. The lowest BCUT2D eigenvalue weighted by Crippen LogP contribution is -2.52. The molecule has 0 amide bonds. The molecular formula is C17H22F3N3. The van der Waals surface area contributed by atoms with Crippen molar-refractivity contribution in [3.05, 3.63) is 36.5 Å². The Labute approximate surface area is 134 Å². The average molecular weight is 325 g/mol. The molecule has 0 bridgehead atoms. The highest BCUT2D eigenvalue weighted by atomic mass is 19.4. The van der Waals surface area contributed by atoms with Gasteiger partial charge in [-0.15, -0.1) is 0 Å². The molecule has 1 saturated heterocycles. The van der Waals surface area contributed by atoms with Crippen LogP contribution in [0.4, 0.5) is 19.0 Å². The van der Waals surface area contributed by atoms with E-state index in [1.54, 1.807) is 6.20 Å². The number of nitrogens with zero attached hydrogens (tertiary/aromatic N) is 2. The summed E-state index contributed by atoms with van der Waals surface area (Å²) in [5.74, 6) is 0.766. The first-order chi connectivity index (χ1) is 11.0. The molecule has 2 heterocycles. The van der Waals surface area contributed by atoms with Crippen LogP contribution in [0.3, 0.4) is 0 Å². The van der Waals surface area contributed by atoms with Crippen LogP contribution in [0.5, 0.6) is 0 Å². The zero-order valence-electron chi connectivity index (χ0n) is 13.4. The molecule has 3 rings (SSSR count). The third-order valence-corrected chi connectivity index (χ3v) is 3.69. The Balaban J connectivity index is 0.000000924. The van der Waals surface area contributed by atoms with Gasteiger partial charge in [-0.2, -0.15) is 13.2 Å². The van der Waals surface area contributed by atoms with Crippen LogP contribution in [0.15, 0.2) is 36.5 Å². The minimum atomic E-state index is -4.15. The van der Waals surface area contributed by atoms with E-state index in [0.717, 1.165) is 16.6 Å². The first-order valence-electron chi connectivity index (χ1n) is 7.92. The van der Waals surface area contributed by atoms with Gasteiger partial charge in [-0.25, -0.2) is 4.98 Å². The molecule has 1 unspecified atom stereocenters. The number of benzene rings is 1. The smallest absolute Gasteiger partial charge is 0.353 e. The van der Waals surface area contributed by atoms with Crippen LogP contribution in [-0.2, 0) is 0 Å². The Kier molecular flexibility index (Phi) is 5.82. The molecule has 0 spiro atoms. The third kappa shape index (κ3) is 4.58. The molecular weight excluding hydrogens is 303 g/mol. The molecule has 1 aliphatic heterocycles. The van der Waals surface area contributed by atoms with Gasteiger partial charge in [0.2, 0.25) is 0 Å². The van der Waals surface area contributed by atoms with E-state index in [4.69, 9.17) is 0 Å². The maximum atomic E-state index is 12.5. The number of piperazine rings is 1. The van der Waals surface area contributed by atoms with Crippen molar-refractivity contribution >= 4 is 16.6 Å². The summed E-state index contributed by atoms with van der Waals surface area (Å²) in [6, 6.07) is 9.13. The minimum Gasteiger partial charge on any atom is -0.353 e. The van der Waals surface area contributed by atoms with Gasteiger partial charge in [0.15, 0.2) is 0 Å². The predicted octanol–water partition coefficient (Wildman–Crippen LogP) is 3.99. The molecule has 1 aromatic heterocycles. The number of aromatic nitrogens is 1. The number of alkyl halides is 3. The van der Waals surface area contributed by atoms with Gasteiger partial charge in [-0.1, -0.05) is 38.1 Å². The topological polar surface area (TPSA) is 28.2 Å². The van der Waals surface area contributed by atoms with E-state index in [1.807, 2.05) is 49.1 Å². The normalized spacial score (nSPS) is 18.5. The third-order valence-electron chi connectivity index (χ3n) is 3.69. The summed E-state index contributed by atoms with van der Waals surface area (Å²) in [5, 5.41) is 4.96. The van der Waals surface area contributed by atoms with Crippen molar-refractivity contribution in [2.24, 2.45) is 0 Å². The van der Waals surface area contributed by atoms with E-state index in [2.05, 4.69) is 10.3 Å². The molecule has 0 saturated carbocycles. The van der Waals surface area contributed by atoms with Crippen molar-refractivity contribution in [2.45, 2.75) is 32.5 Å². The number of halogens is 3. The van der Waals surface area contributed by atoms with Crippen LogP contribution in [0.2, 0.25) is 0 Å². The molecule has 1 fully saturated rings. The molecule has 0 radical (unpaired) electrons. The maximum Gasteiger partial charge on any atom is 0.390 e. The molecule has 1 atom stereocenters. The fourth-order valence-corrected chi connectivity index (χ4v) is 2.79. The highest BCUT2D eigenvalue weighted by Gasteiger charge is 2.34. The molecule has 2 aromatic rings. The van der Waals surface area contributed by atoms with Crippen LogP contribution < -0.4 is 10.2 Å². The second-order valence-corrected chi connectivity index (χ2v) is 5.27. The van der Waals surface area contributed by atoms with E-state index < -0.39 is 18.6 Å². The zero-order chi connectivity index (χ0) is 16.9. The van der Waals surface area contributed by atoms with Gasteiger partial charge >= 0.3 is 6.18 Å². The first-order valence-corrected chi connectivity index (χ1v) is 7.92. The monoisotopic (exact) mass is 325 g/mol. The summed E-state index contributed by atoms with van der Waals surface area (Å²) in [5.41, 5.74) is 0. The van der Waals surface area contributed by atoms with Crippen LogP contribution in [0, 0.1) is 0 Å². The Morgan fingerprint density at radius 1 is 1.22 bits per heavy atom. The lowest BCUT2D eigenvalue weighted by molar-refractivity contribution is -0.139. The second kappa shape index (κ2) is 7.64. The van der Waals surface area contributed by atoms with Gasteiger partial charge in [0.05, 0.1) is 6.42 Å². The second-order valence-electron chi connectivity index (χ2n) is 5.27. The summed E-state index contributed by atoms with van der Waals surface area (Å²) in [6.07, 6.45) is -3.25. The summed E-state index contributed by atoms with van der Waals surface area (Å²) in [6.45, 7) is 5.52. The molecule has 6 heteroatoms. The Morgan fingerprint density at radius 3 is 2.70 bits per heavy atom. The van der Waals surface area contributed by atoms with Gasteiger partial charge < -0.3 is 10.2 Å². The number of rotatable bonds is 2. The number of anilines is 1. The maximum absolute atomic E-state index is 12.5. The Hall–Kier alpha value is -1.82. The number of fused-ring (bicyclic) bond motifs is 1. The van der Waals surface area contributed by atoms with Crippen LogP contribution in [-0.4, -0.2) is 36.8 Å². The van der Waals surface area contributed by atoms with E-state index >= 15 is 0 Å². The largest absolute Gasteiger partial charge is 0.390 e. The van der Waals surface area contributed by atoms with Crippen molar-refractivity contribution in [2.75, 3.05) is 24.5 Å². The molecule has 1 aromatic carbocycles. The van der Waals surface area contributed by atoms with Crippen molar-refractivity contribution < 1.29 is 13.2 Å². The number of hydrogen-bond donors (Lipinski definition) is 1. The number of hydrogen-bond acceptors (Lipinski definition) is 3. The van der Waals surface area contributed by atoms with Crippen molar-refractivity contribution in [3.63, 3.8) is 0 Å². The van der Waals surface area contributed by atoms with E-state index in [1.165, 1.54) is 0 Å². The summed E-state index contributed by atoms with van der Waals surface area (Å²) < 4.78 is 37.6. The molecule has 3 nitrogen and oxygen atoms in total. The van der Waals surface area contributed by atoms with E-state index in [9.17, 15) is 13.2 Å². The van der Waals surface area contributed by atoms with E-state index in [-0.39, 0.29) is 0 Å². The van der Waals surface area contributed by atoms with Crippen LogP contribution in [0.1, 0.15) is 20.3 Å². The lowest BCUT2D eigenvalue weighted by atomic mass is 10.1. The van der Waals surface area contributed by atoms with Gasteiger partial charge in [-0.05, 0) is 11.5 Å². The zero-order valence-corrected chi connectivity index (χ0v) is 13.4. The SMILES string of the molecule is CC.FC(F)(F)CC1CN(c2nccc3ccccc23)CCN1.